The van der Waals surface area contributed by atoms with Crippen LogP contribution in [0.5, 0.6) is 5.75 Å². The summed E-state index contributed by atoms with van der Waals surface area (Å²) in [5.74, 6) is 0.509. The summed E-state index contributed by atoms with van der Waals surface area (Å²) in [5.41, 5.74) is 0.995. The SMILES string of the molecule is O=c1[nH]c(-c2cccnc2)nc2ccc(O)cc12.[Ac]. The van der Waals surface area contributed by atoms with Crippen molar-refractivity contribution >= 4 is 10.9 Å². The molecular weight excluding hydrogens is 457 g/mol. The first-order valence-corrected chi connectivity index (χ1v) is 5.37. The van der Waals surface area contributed by atoms with E-state index in [1.54, 1.807) is 24.5 Å². The first-order valence-electron chi connectivity index (χ1n) is 5.37. The predicted octanol–water partition coefficient (Wildman–Crippen LogP) is 1.69. The summed E-state index contributed by atoms with van der Waals surface area (Å²) in [5, 5.41) is 9.71. The Balaban J connectivity index is 0.00000133. The van der Waals surface area contributed by atoms with Gasteiger partial charge >= 0.3 is 0 Å². The number of aromatic nitrogens is 3. The summed E-state index contributed by atoms with van der Waals surface area (Å²) in [6.45, 7) is 0. The van der Waals surface area contributed by atoms with Crippen LogP contribution < -0.4 is 5.56 Å². The average molecular weight is 466 g/mol. The summed E-state index contributed by atoms with van der Waals surface area (Å²) in [7, 11) is 0. The molecule has 0 atom stereocenters. The summed E-state index contributed by atoms with van der Waals surface area (Å²) in [4.78, 5) is 22.9. The van der Waals surface area contributed by atoms with Gasteiger partial charge in [-0.1, -0.05) is 0 Å². The predicted molar refractivity (Wildman–Crippen MR) is 67.3 cm³/mol. The molecule has 0 saturated carbocycles. The Labute approximate surface area is 144 Å². The average Bonchev–Trinajstić information content (AvgIpc) is 2.40. The minimum atomic E-state index is -0.283. The van der Waals surface area contributed by atoms with Crippen LogP contribution >= 0.6 is 0 Å². The third-order valence-electron chi connectivity index (χ3n) is 2.62. The molecule has 0 bridgehead atoms. The zero-order chi connectivity index (χ0) is 12.5. The maximum atomic E-state index is 11.9. The second kappa shape index (κ2) is 5.81. The van der Waals surface area contributed by atoms with Crippen molar-refractivity contribution in [3.05, 3.63) is 53.1 Å². The molecule has 3 aromatic rings. The topological polar surface area (TPSA) is 78.9 Å². The van der Waals surface area contributed by atoms with E-state index in [2.05, 4.69) is 15.0 Å². The van der Waals surface area contributed by atoms with Gasteiger partial charge in [0.05, 0.1) is 10.9 Å². The van der Waals surface area contributed by atoms with Gasteiger partial charge in [-0.2, -0.15) is 0 Å². The maximum Gasteiger partial charge on any atom is 0.259 e. The Bertz CT molecular complexity index is 772. The molecular formula is C13H9AcN3O2. The number of aromatic hydroxyl groups is 1. The number of H-pyrrole nitrogens is 1. The zero-order valence-electron chi connectivity index (χ0n) is 9.87. The molecule has 1 radical (unpaired) electrons. The van der Waals surface area contributed by atoms with Crippen LogP contribution in [0.3, 0.4) is 0 Å². The number of phenolic OH excluding ortho intramolecular Hbond substituents is 1. The van der Waals surface area contributed by atoms with E-state index in [4.69, 9.17) is 0 Å². The van der Waals surface area contributed by atoms with Crippen LogP contribution in [0.25, 0.3) is 22.3 Å². The molecule has 2 N–H and O–H groups in total. The van der Waals surface area contributed by atoms with E-state index in [9.17, 15) is 9.90 Å². The molecule has 0 aliphatic heterocycles. The van der Waals surface area contributed by atoms with E-state index in [1.165, 1.54) is 12.1 Å². The number of nitrogens with one attached hydrogen (secondary N) is 1. The number of pyridine rings is 1. The third-order valence-corrected chi connectivity index (χ3v) is 2.62. The van der Waals surface area contributed by atoms with Gasteiger partial charge in [-0.25, -0.2) is 4.98 Å². The van der Waals surface area contributed by atoms with Gasteiger partial charge in [-0.3, -0.25) is 9.78 Å². The number of phenols is 1. The Kier molecular flexibility index (Phi) is 4.33. The van der Waals surface area contributed by atoms with Crippen LogP contribution in [0.2, 0.25) is 0 Å². The largest absolute Gasteiger partial charge is 0.508 e. The molecule has 1 aromatic carbocycles. The molecule has 0 aliphatic rings. The third kappa shape index (κ3) is 2.85. The fraction of sp³-hybridized carbons (Fsp3) is 0. The van der Waals surface area contributed by atoms with E-state index >= 15 is 0 Å². The van der Waals surface area contributed by atoms with E-state index in [0.717, 1.165) is 5.56 Å². The van der Waals surface area contributed by atoms with Gasteiger partial charge in [-0.05, 0) is 30.3 Å². The normalized spacial score (nSPS) is 10.1. The van der Waals surface area contributed by atoms with Crippen molar-refractivity contribution in [1.82, 2.24) is 15.0 Å². The number of hydrogen-bond donors (Lipinski definition) is 2. The van der Waals surface area contributed by atoms with Crippen molar-refractivity contribution in [1.29, 1.82) is 0 Å². The number of benzene rings is 1. The Morgan fingerprint density at radius 1 is 1.21 bits per heavy atom. The van der Waals surface area contributed by atoms with Crippen molar-refractivity contribution in [2.24, 2.45) is 0 Å². The molecule has 5 nitrogen and oxygen atoms in total. The van der Waals surface area contributed by atoms with Gasteiger partial charge in [0.25, 0.3) is 5.56 Å². The standard InChI is InChI=1S/C13H9N3O2.Ac/c17-9-3-4-11-10(6-9)13(18)16-12(15-11)8-2-1-5-14-7-8;/h1-7,17H,(H,15,16,18);. The summed E-state index contributed by atoms with van der Waals surface area (Å²) < 4.78 is 0. The molecule has 0 amide bonds. The van der Waals surface area contributed by atoms with E-state index < -0.39 is 0 Å². The minimum Gasteiger partial charge on any atom is -0.508 e. The monoisotopic (exact) mass is 466 g/mol. The first-order chi connectivity index (χ1) is 8.74. The van der Waals surface area contributed by atoms with E-state index in [1.807, 2.05) is 6.07 Å². The number of fused-ring (bicyclic) bond motifs is 1. The van der Waals surface area contributed by atoms with Gasteiger partial charge in [0.2, 0.25) is 0 Å². The molecule has 0 aliphatic carbocycles. The molecule has 0 saturated heterocycles. The van der Waals surface area contributed by atoms with Gasteiger partial charge in [0, 0.05) is 62.0 Å². The Morgan fingerprint density at radius 2 is 2.05 bits per heavy atom. The molecule has 2 aromatic heterocycles. The van der Waals surface area contributed by atoms with Gasteiger partial charge < -0.3 is 10.1 Å². The second-order valence-corrected chi connectivity index (χ2v) is 3.86. The van der Waals surface area contributed by atoms with Crippen LogP contribution in [-0.2, 0) is 0 Å². The molecule has 0 spiro atoms. The van der Waals surface area contributed by atoms with Crippen molar-refractivity contribution in [2.45, 2.75) is 0 Å². The van der Waals surface area contributed by atoms with Crippen LogP contribution in [0.4, 0.5) is 0 Å². The smallest absolute Gasteiger partial charge is 0.259 e. The maximum absolute atomic E-state index is 11.9. The molecule has 6 heteroatoms. The molecule has 19 heavy (non-hydrogen) atoms. The summed E-state index contributed by atoms with van der Waals surface area (Å²) in [6, 6.07) is 8.10. The van der Waals surface area contributed by atoms with Crippen LogP contribution in [0, 0.1) is 44.1 Å². The van der Waals surface area contributed by atoms with Crippen molar-refractivity contribution in [3.8, 4) is 17.1 Å². The second-order valence-electron chi connectivity index (χ2n) is 3.86. The van der Waals surface area contributed by atoms with Crippen LogP contribution in [-0.4, -0.2) is 20.1 Å². The van der Waals surface area contributed by atoms with Crippen molar-refractivity contribution in [2.75, 3.05) is 0 Å². The number of rotatable bonds is 1. The Hall–Kier alpha value is -1.25. The molecule has 0 fully saturated rings. The minimum absolute atomic E-state index is 0. The number of hydrogen-bond acceptors (Lipinski definition) is 4. The molecule has 0 unspecified atom stereocenters. The number of nitrogens with zero attached hydrogens (tertiary/aromatic N) is 2. The molecule has 2 heterocycles. The fourth-order valence-corrected chi connectivity index (χ4v) is 1.77. The number of aromatic amines is 1. The fourth-order valence-electron chi connectivity index (χ4n) is 1.77. The summed E-state index contributed by atoms with van der Waals surface area (Å²) >= 11 is 0. The van der Waals surface area contributed by atoms with Crippen LogP contribution in [0.1, 0.15) is 0 Å². The zero-order valence-corrected chi connectivity index (χ0v) is 14.6. The van der Waals surface area contributed by atoms with Crippen molar-refractivity contribution < 1.29 is 49.2 Å². The van der Waals surface area contributed by atoms with Crippen molar-refractivity contribution in [3.63, 3.8) is 0 Å². The van der Waals surface area contributed by atoms with E-state index in [-0.39, 0.29) is 55.4 Å². The molecule has 3 rings (SSSR count). The molecule has 91 valence electrons. The van der Waals surface area contributed by atoms with E-state index in [0.29, 0.717) is 16.7 Å². The van der Waals surface area contributed by atoms with Gasteiger partial charge in [0.15, 0.2) is 0 Å². The first kappa shape index (κ1) is 14.2. The van der Waals surface area contributed by atoms with Crippen LogP contribution in [0.15, 0.2) is 47.5 Å². The van der Waals surface area contributed by atoms with Gasteiger partial charge in [0.1, 0.15) is 11.6 Å². The Morgan fingerprint density at radius 3 is 2.79 bits per heavy atom. The summed E-state index contributed by atoms with van der Waals surface area (Å²) in [6.07, 6.45) is 3.28. The quantitative estimate of drug-likeness (QED) is 0.573. The van der Waals surface area contributed by atoms with Gasteiger partial charge in [-0.15, -0.1) is 0 Å².